The van der Waals surface area contributed by atoms with Crippen molar-refractivity contribution in [1.29, 1.82) is 0 Å². The van der Waals surface area contributed by atoms with Crippen LogP contribution >= 0.6 is 57.9 Å². The normalized spacial score (nSPS) is 11.4. The van der Waals surface area contributed by atoms with E-state index in [0.717, 1.165) is 29.3 Å². The molecule has 0 bridgehead atoms. The predicted molar refractivity (Wildman–Crippen MR) is 117 cm³/mol. The first-order chi connectivity index (χ1) is 13.7. The Kier molecular flexibility index (Phi) is 6.92. The van der Waals surface area contributed by atoms with Gasteiger partial charge in [0.1, 0.15) is 14.9 Å². The monoisotopic (exact) mass is 508 g/mol. The van der Waals surface area contributed by atoms with Crippen LogP contribution in [0.1, 0.15) is 0 Å². The molecule has 0 unspecified atom stereocenters. The maximum absolute atomic E-state index is 12.6. The van der Waals surface area contributed by atoms with Crippen LogP contribution in [0.3, 0.4) is 0 Å². The Labute approximate surface area is 189 Å². The van der Waals surface area contributed by atoms with Gasteiger partial charge in [0, 0.05) is 5.69 Å². The molecule has 0 saturated heterocycles. The molecule has 0 radical (unpaired) electrons. The van der Waals surface area contributed by atoms with Gasteiger partial charge in [-0.1, -0.05) is 46.6 Å². The molecule has 0 aliphatic rings. The van der Waals surface area contributed by atoms with Crippen molar-refractivity contribution >= 4 is 85.2 Å². The first kappa shape index (κ1) is 22.1. The highest BCUT2D eigenvalue weighted by atomic mass is 35.5. The zero-order valence-corrected chi connectivity index (χ0v) is 18.9. The van der Waals surface area contributed by atoms with E-state index in [2.05, 4.69) is 15.3 Å². The van der Waals surface area contributed by atoms with E-state index in [1.54, 1.807) is 12.1 Å². The highest BCUT2D eigenvalue weighted by Crippen LogP contribution is 2.32. The van der Waals surface area contributed by atoms with Gasteiger partial charge in [0.05, 0.1) is 26.3 Å². The van der Waals surface area contributed by atoms with Crippen LogP contribution in [0.25, 0.3) is 0 Å². The van der Waals surface area contributed by atoms with Gasteiger partial charge in [0.15, 0.2) is 5.16 Å². The number of carbonyl (C=O) groups excluding carboxylic acids is 1. The van der Waals surface area contributed by atoms with Crippen molar-refractivity contribution in [2.24, 2.45) is 0 Å². The number of rotatable bonds is 6. The lowest BCUT2D eigenvalue weighted by molar-refractivity contribution is -0.113. The number of benzene rings is 1. The van der Waals surface area contributed by atoms with Crippen LogP contribution in [0.2, 0.25) is 14.4 Å². The number of sulfone groups is 1. The molecule has 29 heavy (non-hydrogen) atoms. The number of nitrogens with one attached hydrogen (secondary N) is 1. The number of halogens is 3. The van der Waals surface area contributed by atoms with Crippen LogP contribution in [-0.4, -0.2) is 30.0 Å². The van der Waals surface area contributed by atoms with E-state index in [1.807, 2.05) is 0 Å². The number of thioether (sulfide) groups is 1. The standard InChI is InChI=1S/C16H11Cl3N4O3S3/c17-9-2-1-8(5-10(9)18)22-13(24)7-27-16-21-6-11(15(20)23-16)29(25,26)14-4-3-12(19)28-14/h1-6H,7H2,(H,22,24)(H2,20,21,23). The largest absolute Gasteiger partial charge is 0.382 e. The second-order valence-electron chi connectivity index (χ2n) is 5.43. The van der Waals surface area contributed by atoms with Crippen LogP contribution in [-0.2, 0) is 14.6 Å². The summed E-state index contributed by atoms with van der Waals surface area (Å²) in [4.78, 5) is 19.8. The van der Waals surface area contributed by atoms with Crippen molar-refractivity contribution < 1.29 is 13.2 Å². The molecule has 3 aromatic rings. The molecular weight excluding hydrogens is 499 g/mol. The van der Waals surface area contributed by atoms with E-state index in [9.17, 15) is 13.2 Å². The van der Waals surface area contributed by atoms with E-state index in [-0.39, 0.29) is 31.7 Å². The van der Waals surface area contributed by atoms with Gasteiger partial charge in [-0.2, -0.15) is 0 Å². The highest BCUT2D eigenvalue weighted by Gasteiger charge is 2.24. The molecule has 0 saturated carbocycles. The van der Waals surface area contributed by atoms with Crippen LogP contribution in [0.15, 0.2) is 50.8 Å². The molecule has 0 atom stereocenters. The summed E-state index contributed by atoms with van der Waals surface area (Å²) in [6.07, 6.45) is 1.12. The summed E-state index contributed by atoms with van der Waals surface area (Å²) < 4.78 is 25.6. The number of thiophene rings is 1. The lowest BCUT2D eigenvalue weighted by Gasteiger charge is -2.08. The van der Waals surface area contributed by atoms with E-state index in [0.29, 0.717) is 20.1 Å². The maximum atomic E-state index is 12.6. The van der Waals surface area contributed by atoms with Gasteiger partial charge in [-0.05, 0) is 30.3 Å². The number of anilines is 2. The number of hydrogen-bond acceptors (Lipinski definition) is 8. The van der Waals surface area contributed by atoms with Crippen molar-refractivity contribution in [3.63, 3.8) is 0 Å². The minimum Gasteiger partial charge on any atom is -0.382 e. The van der Waals surface area contributed by atoms with Gasteiger partial charge in [0.2, 0.25) is 15.7 Å². The Morgan fingerprint density at radius 3 is 2.55 bits per heavy atom. The first-order valence-electron chi connectivity index (χ1n) is 7.67. The quantitative estimate of drug-likeness (QED) is 0.367. The molecule has 13 heteroatoms. The van der Waals surface area contributed by atoms with E-state index in [4.69, 9.17) is 40.5 Å². The SMILES string of the molecule is Nc1nc(SCC(=O)Nc2ccc(Cl)c(Cl)c2)ncc1S(=O)(=O)c1ccc(Cl)s1. The maximum Gasteiger partial charge on any atom is 0.234 e. The van der Waals surface area contributed by atoms with Crippen molar-refractivity contribution in [1.82, 2.24) is 9.97 Å². The molecule has 3 N–H and O–H groups in total. The summed E-state index contributed by atoms with van der Waals surface area (Å²) in [6.45, 7) is 0. The fourth-order valence-electron chi connectivity index (χ4n) is 2.10. The van der Waals surface area contributed by atoms with Gasteiger partial charge in [-0.25, -0.2) is 18.4 Å². The summed E-state index contributed by atoms with van der Waals surface area (Å²) in [7, 11) is -3.87. The molecule has 0 fully saturated rings. The Bertz CT molecular complexity index is 1190. The zero-order chi connectivity index (χ0) is 21.2. The number of aromatic nitrogens is 2. The highest BCUT2D eigenvalue weighted by molar-refractivity contribution is 7.99. The average molecular weight is 510 g/mol. The van der Waals surface area contributed by atoms with Crippen LogP contribution in [0.5, 0.6) is 0 Å². The van der Waals surface area contributed by atoms with Crippen molar-refractivity contribution in [3.05, 3.63) is 50.9 Å². The lowest BCUT2D eigenvalue weighted by Crippen LogP contribution is -2.14. The minimum absolute atomic E-state index is 0.0215. The fourth-order valence-corrected chi connectivity index (χ4v) is 5.88. The molecule has 1 amide bonds. The van der Waals surface area contributed by atoms with Gasteiger partial charge in [-0.3, -0.25) is 4.79 Å². The zero-order valence-electron chi connectivity index (χ0n) is 14.2. The molecule has 1 aromatic carbocycles. The molecule has 2 heterocycles. The van der Waals surface area contributed by atoms with Crippen molar-refractivity contribution in [2.45, 2.75) is 14.3 Å². The van der Waals surface area contributed by atoms with E-state index >= 15 is 0 Å². The lowest BCUT2D eigenvalue weighted by atomic mass is 10.3. The Balaban J connectivity index is 1.67. The van der Waals surface area contributed by atoms with Gasteiger partial charge in [0.25, 0.3) is 0 Å². The Morgan fingerprint density at radius 1 is 1.17 bits per heavy atom. The van der Waals surface area contributed by atoms with Gasteiger partial charge < -0.3 is 11.1 Å². The molecule has 7 nitrogen and oxygen atoms in total. The Hall–Kier alpha value is -1.56. The molecule has 0 aliphatic heterocycles. The molecule has 2 aromatic heterocycles. The summed E-state index contributed by atoms with van der Waals surface area (Å²) in [6, 6.07) is 7.57. The molecule has 0 spiro atoms. The second-order valence-corrected chi connectivity index (χ2v) is 11.0. The predicted octanol–water partition coefficient (Wildman–Crippen LogP) is 4.64. The number of nitrogens with zero attached hydrogens (tertiary/aromatic N) is 2. The molecule has 152 valence electrons. The van der Waals surface area contributed by atoms with Crippen molar-refractivity contribution in [2.75, 3.05) is 16.8 Å². The van der Waals surface area contributed by atoms with Crippen LogP contribution in [0, 0.1) is 0 Å². The summed E-state index contributed by atoms with van der Waals surface area (Å²) in [5.41, 5.74) is 6.30. The number of nitrogens with two attached hydrogens (primary N) is 1. The van der Waals surface area contributed by atoms with Gasteiger partial charge >= 0.3 is 0 Å². The van der Waals surface area contributed by atoms with E-state index < -0.39 is 9.84 Å². The molecule has 3 rings (SSSR count). The average Bonchev–Trinajstić information content (AvgIpc) is 3.10. The smallest absolute Gasteiger partial charge is 0.234 e. The third-order valence-corrected chi connectivity index (χ3v) is 8.49. The Morgan fingerprint density at radius 2 is 1.93 bits per heavy atom. The minimum atomic E-state index is -3.87. The summed E-state index contributed by atoms with van der Waals surface area (Å²) in [5, 5.41) is 3.51. The van der Waals surface area contributed by atoms with E-state index in [1.165, 1.54) is 18.2 Å². The molecule has 0 aliphatic carbocycles. The second kappa shape index (κ2) is 9.07. The third-order valence-electron chi connectivity index (χ3n) is 3.40. The van der Waals surface area contributed by atoms with Crippen LogP contribution < -0.4 is 11.1 Å². The number of nitrogen functional groups attached to an aromatic ring is 1. The van der Waals surface area contributed by atoms with Crippen LogP contribution in [0.4, 0.5) is 11.5 Å². The third kappa shape index (κ3) is 5.33. The number of carbonyl (C=O) groups is 1. The van der Waals surface area contributed by atoms with Crippen molar-refractivity contribution in [3.8, 4) is 0 Å². The number of hydrogen-bond donors (Lipinski definition) is 2. The van der Waals surface area contributed by atoms with Gasteiger partial charge in [-0.15, -0.1) is 11.3 Å². The first-order valence-corrected chi connectivity index (χ1v) is 12.1. The summed E-state index contributed by atoms with van der Waals surface area (Å²) >= 11 is 19.5. The fraction of sp³-hybridized carbons (Fsp3) is 0.0625. The topological polar surface area (TPSA) is 115 Å². The number of amides is 1. The molecular formula is C16H11Cl3N4O3S3. The summed E-state index contributed by atoms with van der Waals surface area (Å²) in [5.74, 6) is -0.566.